The summed E-state index contributed by atoms with van der Waals surface area (Å²) in [6.07, 6.45) is 0. The molecule has 5 nitrogen and oxygen atoms in total. The van der Waals surface area contributed by atoms with Gasteiger partial charge in [0.2, 0.25) is 0 Å². The lowest BCUT2D eigenvalue weighted by atomic mass is 10.3. The van der Waals surface area contributed by atoms with E-state index in [4.69, 9.17) is 11.6 Å². The molecule has 1 aromatic carbocycles. The average molecular weight is 265 g/mol. The highest BCUT2D eigenvalue weighted by Crippen LogP contribution is 2.16. The molecule has 1 fully saturated rings. The molecule has 1 aromatic heterocycles. The summed E-state index contributed by atoms with van der Waals surface area (Å²) < 4.78 is 0. The Morgan fingerprint density at radius 1 is 1.28 bits per heavy atom. The Labute approximate surface area is 109 Å². The SMILES string of the molecule is O=c1[nH]c2cc(Cl)ccc2nc1N1CCNCC1. The minimum atomic E-state index is -0.160. The number of benzene rings is 1. The normalized spacial score (nSPS) is 16.2. The maximum Gasteiger partial charge on any atom is 0.291 e. The van der Waals surface area contributed by atoms with E-state index in [-0.39, 0.29) is 5.56 Å². The van der Waals surface area contributed by atoms with Crippen molar-refractivity contribution in [2.24, 2.45) is 0 Å². The third-order valence-corrected chi connectivity index (χ3v) is 3.29. The van der Waals surface area contributed by atoms with Crippen molar-refractivity contribution in [1.82, 2.24) is 15.3 Å². The Morgan fingerprint density at radius 2 is 2.06 bits per heavy atom. The zero-order chi connectivity index (χ0) is 12.5. The van der Waals surface area contributed by atoms with E-state index in [1.807, 2.05) is 11.0 Å². The lowest BCUT2D eigenvalue weighted by molar-refractivity contribution is 0.583. The molecule has 0 saturated carbocycles. The lowest BCUT2D eigenvalue weighted by Crippen LogP contribution is -2.45. The molecule has 94 valence electrons. The zero-order valence-electron chi connectivity index (χ0n) is 9.74. The van der Waals surface area contributed by atoms with Gasteiger partial charge in [0.1, 0.15) is 0 Å². The molecular formula is C12H13ClN4O. The third-order valence-electron chi connectivity index (χ3n) is 3.05. The molecule has 3 rings (SSSR count). The molecule has 0 amide bonds. The van der Waals surface area contributed by atoms with Crippen molar-refractivity contribution in [2.45, 2.75) is 0 Å². The molecule has 18 heavy (non-hydrogen) atoms. The van der Waals surface area contributed by atoms with E-state index in [0.29, 0.717) is 16.4 Å². The van der Waals surface area contributed by atoms with Crippen LogP contribution in [0.5, 0.6) is 0 Å². The molecule has 6 heteroatoms. The molecule has 0 atom stereocenters. The molecule has 0 spiro atoms. The Morgan fingerprint density at radius 3 is 2.83 bits per heavy atom. The van der Waals surface area contributed by atoms with E-state index in [2.05, 4.69) is 15.3 Å². The number of nitrogens with one attached hydrogen (secondary N) is 2. The molecule has 0 aliphatic carbocycles. The van der Waals surface area contributed by atoms with Crippen LogP contribution in [0.4, 0.5) is 5.82 Å². The van der Waals surface area contributed by atoms with Gasteiger partial charge in [-0.05, 0) is 18.2 Å². The molecule has 2 aromatic rings. The van der Waals surface area contributed by atoms with Crippen LogP contribution in [0.25, 0.3) is 11.0 Å². The molecule has 1 saturated heterocycles. The Hall–Kier alpha value is -1.59. The van der Waals surface area contributed by atoms with Gasteiger partial charge in [0.25, 0.3) is 5.56 Å². The van der Waals surface area contributed by atoms with E-state index >= 15 is 0 Å². The first-order chi connectivity index (χ1) is 8.74. The number of hydrogen-bond acceptors (Lipinski definition) is 4. The summed E-state index contributed by atoms with van der Waals surface area (Å²) in [5, 5.41) is 3.84. The number of hydrogen-bond donors (Lipinski definition) is 2. The highest BCUT2D eigenvalue weighted by Gasteiger charge is 2.15. The summed E-state index contributed by atoms with van der Waals surface area (Å²) in [5.41, 5.74) is 1.27. The average Bonchev–Trinajstić information content (AvgIpc) is 2.39. The van der Waals surface area contributed by atoms with Gasteiger partial charge >= 0.3 is 0 Å². The number of nitrogens with zero attached hydrogens (tertiary/aromatic N) is 2. The molecule has 1 aliphatic rings. The number of rotatable bonds is 1. The number of halogens is 1. The number of H-pyrrole nitrogens is 1. The van der Waals surface area contributed by atoms with E-state index in [1.54, 1.807) is 12.1 Å². The van der Waals surface area contributed by atoms with Crippen LogP contribution in [0.15, 0.2) is 23.0 Å². The maximum atomic E-state index is 12.0. The summed E-state index contributed by atoms with van der Waals surface area (Å²) in [7, 11) is 0. The first-order valence-corrected chi connectivity index (χ1v) is 6.27. The largest absolute Gasteiger partial charge is 0.349 e. The van der Waals surface area contributed by atoms with Gasteiger partial charge in [0.05, 0.1) is 11.0 Å². The maximum absolute atomic E-state index is 12.0. The van der Waals surface area contributed by atoms with Crippen LogP contribution >= 0.6 is 11.6 Å². The van der Waals surface area contributed by atoms with Gasteiger partial charge in [0.15, 0.2) is 5.82 Å². The third kappa shape index (κ3) is 2.07. The topological polar surface area (TPSA) is 61.0 Å². The summed E-state index contributed by atoms with van der Waals surface area (Å²) in [4.78, 5) is 21.3. The fraction of sp³-hybridized carbons (Fsp3) is 0.333. The fourth-order valence-corrected chi connectivity index (χ4v) is 2.31. The first-order valence-electron chi connectivity index (χ1n) is 5.89. The second-order valence-electron chi connectivity index (χ2n) is 4.29. The highest BCUT2D eigenvalue weighted by molar-refractivity contribution is 6.31. The van der Waals surface area contributed by atoms with Gasteiger partial charge < -0.3 is 15.2 Å². The molecule has 0 radical (unpaired) electrons. The number of piperazine rings is 1. The summed E-state index contributed by atoms with van der Waals surface area (Å²) in [6, 6.07) is 5.31. The fourth-order valence-electron chi connectivity index (χ4n) is 2.14. The van der Waals surface area contributed by atoms with Crippen LogP contribution in [0.3, 0.4) is 0 Å². The van der Waals surface area contributed by atoms with E-state index in [9.17, 15) is 4.79 Å². The number of anilines is 1. The minimum Gasteiger partial charge on any atom is -0.349 e. The number of aromatic amines is 1. The summed E-state index contributed by atoms with van der Waals surface area (Å²) in [6.45, 7) is 3.35. The summed E-state index contributed by atoms with van der Waals surface area (Å²) in [5.74, 6) is 0.492. The highest BCUT2D eigenvalue weighted by atomic mass is 35.5. The molecular weight excluding hydrogens is 252 g/mol. The van der Waals surface area contributed by atoms with Crippen molar-refractivity contribution in [2.75, 3.05) is 31.1 Å². The molecule has 2 heterocycles. The van der Waals surface area contributed by atoms with Gasteiger partial charge in [-0.3, -0.25) is 4.79 Å². The van der Waals surface area contributed by atoms with Crippen LogP contribution in [0, 0.1) is 0 Å². The van der Waals surface area contributed by atoms with E-state index in [0.717, 1.165) is 31.7 Å². The van der Waals surface area contributed by atoms with Crippen LogP contribution in [0.1, 0.15) is 0 Å². The molecule has 0 unspecified atom stereocenters. The van der Waals surface area contributed by atoms with E-state index in [1.165, 1.54) is 0 Å². The Bertz CT molecular complexity index is 634. The summed E-state index contributed by atoms with van der Waals surface area (Å²) >= 11 is 5.89. The molecule has 2 N–H and O–H groups in total. The van der Waals surface area contributed by atoms with Crippen LogP contribution in [-0.2, 0) is 0 Å². The van der Waals surface area contributed by atoms with Crippen molar-refractivity contribution < 1.29 is 0 Å². The van der Waals surface area contributed by atoms with Gasteiger partial charge in [0, 0.05) is 31.2 Å². The number of aromatic nitrogens is 2. The quantitative estimate of drug-likeness (QED) is 0.806. The predicted octanol–water partition coefficient (Wildman–Crippen LogP) is 0.986. The second-order valence-corrected chi connectivity index (χ2v) is 4.72. The Kier molecular flexibility index (Phi) is 2.93. The lowest BCUT2D eigenvalue weighted by Gasteiger charge is -2.27. The second kappa shape index (κ2) is 4.59. The van der Waals surface area contributed by atoms with Crippen molar-refractivity contribution in [3.05, 3.63) is 33.6 Å². The Balaban J connectivity index is 2.09. The molecule has 1 aliphatic heterocycles. The van der Waals surface area contributed by atoms with Crippen molar-refractivity contribution in [1.29, 1.82) is 0 Å². The number of fused-ring (bicyclic) bond motifs is 1. The minimum absolute atomic E-state index is 0.160. The monoisotopic (exact) mass is 264 g/mol. The van der Waals surface area contributed by atoms with Gasteiger partial charge in [-0.15, -0.1) is 0 Å². The molecule has 0 bridgehead atoms. The van der Waals surface area contributed by atoms with Crippen LogP contribution < -0.4 is 15.8 Å². The van der Waals surface area contributed by atoms with Crippen LogP contribution in [-0.4, -0.2) is 36.1 Å². The standard InChI is InChI=1S/C12H13ClN4O/c13-8-1-2-9-10(7-8)16-12(18)11(15-9)17-5-3-14-4-6-17/h1-2,7,14H,3-6H2,(H,16,18). The van der Waals surface area contributed by atoms with Crippen LogP contribution in [0.2, 0.25) is 5.02 Å². The van der Waals surface area contributed by atoms with Gasteiger partial charge in [-0.1, -0.05) is 11.6 Å². The van der Waals surface area contributed by atoms with Gasteiger partial charge in [-0.2, -0.15) is 0 Å². The van der Waals surface area contributed by atoms with Gasteiger partial charge in [-0.25, -0.2) is 4.98 Å². The van der Waals surface area contributed by atoms with Crippen molar-refractivity contribution >= 4 is 28.5 Å². The van der Waals surface area contributed by atoms with E-state index < -0.39 is 0 Å². The smallest absolute Gasteiger partial charge is 0.291 e. The predicted molar refractivity (Wildman–Crippen MR) is 72.5 cm³/mol. The zero-order valence-corrected chi connectivity index (χ0v) is 10.5. The van der Waals surface area contributed by atoms with Crippen molar-refractivity contribution in [3.8, 4) is 0 Å². The van der Waals surface area contributed by atoms with Crippen molar-refractivity contribution in [3.63, 3.8) is 0 Å². The first kappa shape index (κ1) is 11.5.